The molecule has 0 spiro atoms. The Labute approximate surface area is 426 Å². The van der Waals surface area contributed by atoms with Crippen molar-refractivity contribution in [2.75, 3.05) is 0 Å². The van der Waals surface area contributed by atoms with Crippen molar-refractivity contribution in [3.63, 3.8) is 0 Å². The Morgan fingerprint density at radius 2 is 0.960 bits per heavy atom. The summed E-state index contributed by atoms with van der Waals surface area (Å²) in [5.74, 6) is 0. The molecule has 0 aliphatic heterocycles. The molecule has 0 aliphatic carbocycles. The molecule has 11 rings (SSSR count). The average Bonchev–Trinajstić information content (AvgIpc) is 3.97. The first-order valence-corrected chi connectivity index (χ1v) is 23.0. The molecule has 0 atom stereocenters. The highest BCUT2D eigenvalue weighted by molar-refractivity contribution is 6.13. The first-order chi connectivity index (χ1) is 36.4. The number of alkyl halides is 3. The molecule has 0 saturated heterocycles. The Hall–Kier alpha value is -11.2. The number of halogens is 3. The van der Waals surface area contributed by atoms with Gasteiger partial charge in [0.1, 0.15) is 0 Å². The predicted octanol–water partition coefficient (Wildman–Crippen LogP) is 17.0. The fourth-order valence-electron chi connectivity index (χ4n) is 10.4. The number of hydrogen-bond donors (Lipinski definition) is 0. The number of fused-ring (bicyclic) bond motifs is 6. The van der Waals surface area contributed by atoms with Gasteiger partial charge >= 0.3 is 6.18 Å². The number of nitriles is 4. The van der Waals surface area contributed by atoms with Crippen LogP contribution in [-0.4, -0.2) is 9.13 Å². The summed E-state index contributed by atoms with van der Waals surface area (Å²) in [6, 6.07) is 56.4. The summed E-state index contributed by atoms with van der Waals surface area (Å²) < 4.78 is 46.3. The summed E-state index contributed by atoms with van der Waals surface area (Å²) in [7, 11) is 0. The van der Waals surface area contributed by atoms with Crippen LogP contribution in [0.25, 0.3) is 114 Å². The van der Waals surface area contributed by atoms with Gasteiger partial charge < -0.3 is 9.13 Å². The Balaban J connectivity index is 1.21. The quantitative estimate of drug-likeness (QED) is 0.154. The van der Waals surface area contributed by atoms with Crippen molar-refractivity contribution >= 4 is 60.7 Å². The molecule has 0 fully saturated rings. The number of aryl methyl sites for hydroxylation is 1. The SMILES string of the molecule is [C-]#[N+]c1cc(C#N)c(-c2ccc3c(c2)c2ccccc2n3-c2ccc(-c3ccc(C(F)(F)F)cc3C)cc2-c2cc(C#N)ccc2-n2c3ccccc3c3cc(-c4c(C#N)cc(C#N)cc4[N+]#[C-])ccc32)c([N+]#[C-])c1. The van der Waals surface area contributed by atoms with Gasteiger partial charge in [-0.25, -0.2) is 14.5 Å². The second-order valence-corrected chi connectivity index (χ2v) is 17.7. The normalized spacial score (nSPS) is 11.1. The smallest absolute Gasteiger partial charge is 0.309 e. The first-order valence-electron chi connectivity index (χ1n) is 23.0. The van der Waals surface area contributed by atoms with Gasteiger partial charge in [0.15, 0.2) is 17.1 Å². The Morgan fingerprint density at radius 1 is 0.440 bits per heavy atom. The second kappa shape index (κ2) is 17.9. The molecule has 348 valence electrons. The van der Waals surface area contributed by atoms with E-state index in [0.29, 0.717) is 67.0 Å². The number of rotatable bonds is 6. The zero-order valence-corrected chi connectivity index (χ0v) is 39.2. The lowest BCUT2D eigenvalue weighted by Crippen LogP contribution is -2.05. The molecule has 0 amide bonds. The molecular formula is C63H30F3N9. The van der Waals surface area contributed by atoms with Crippen LogP contribution in [0, 0.1) is 72.0 Å². The van der Waals surface area contributed by atoms with E-state index < -0.39 is 11.7 Å². The van der Waals surface area contributed by atoms with Gasteiger partial charge in [-0.1, -0.05) is 66.7 Å². The van der Waals surface area contributed by atoms with Gasteiger partial charge in [-0.3, -0.25) is 0 Å². The van der Waals surface area contributed by atoms with Gasteiger partial charge in [-0.05, 0) is 132 Å². The van der Waals surface area contributed by atoms with Crippen LogP contribution in [0.15, 0.2) is 164 Å². The summed E-state index contributed by atoms with van der Waals surface area (Å²) in [4.78, 5) is 10.9. The zero-order valence-electron chi connectivity index (χ0n) is 39.2. The molecule has 0 N–H and O–H groups in total. The fraction of sp³-hybridized carbons (Fsp3) is 0.0317. The van der Waals surface area contributed by atoms with Gasteiger partial charge in [0.25, 0.3) is 0 Å². The Kier molecular flexibility index (Phi) is 11.0. The highest BCUT2D eigenvalue weighted by Crippen LogP contribution is 2.46. The van der Waals surface area contributed by atoms with Gasteiger partial charge in [0, 0.05) is 54.9 Å². The molecular weight excluding hydrogens is 940 g/mol. The van der Waals surface area contributed by atoms with E-state index in [9.17, 15) is 34.2 Å². The molecule has 0 aliphatic rings. The maximum Gasteiger partial charge on any atom is 0.416 e. The maximum absolute atomic E-state index is 14.1. The topological polar surface area (TPSA) is 118 Å². The van der Waals surface area contributed by atoms with Crippen LogP contribution in [0.1, 0.15) is 33.4 Å². The summed E-state index contributed by atoms with van der Waals surface area (Å²) in [5.41, 5.74) is 9.90. The van der Waals surface area contributed by atoms with Gasteiger partial charge in [-0.15, -0.1) is 0 Å². The minimum atomic E-state index is -4.56. The average molecular weight is 970 g/mol. The zero-order chi connectivity index (χ0) is 52.3. The minimum absolute atomic E-state index is 0.162. The summed E-state index contributed by atoms with van der Waals surface area (Å²) in [6.07, 6.45) is -4.56. The van der Waals surface area contributed by atoms with Crippen molar-refractivity contribution in [1.29, 1.82) is 21.0 Å². The number of hydrogen-bond acceptors (Lipinski definition) is 4. The summed E-state index contributed by atoms with van der Waals surface area (Å²) >= 11 is 0. The molecule has 12 heteroatoms. The van der Waals surface area contributed by atoms with E-state index in [1.807, 2.05) is 115 Å². The highest BCUT2D eigenvalue weighted by Gasteiger charge is 2.31. The predicted molar refractivity (Wildman–Crippen MR) is 284 cm³/mol. The van der Waals surface area contributed by atoms with Crippen molar-refractivity contribution in [3.05, 3.63) is 231 Å². The molecule has 2 heterocycles. The monoisotopic (exact) mass is 969 g/mol. The third-order valence-corrected chi connectivity index (χ3v) is 13.6. The molecule has 0 bridgehead atoms. The van der Waals surface area contributed by atoms with E-state index in [-0.39, 0.29) is 33.8 Å². The van der Waals surface area contributed by atoms with E-state index >= 15 is 0 Å². The molecule has 9 nitrogen and oxygen atoms in total. The van der Waals surface area contributed by atoms with Crippen LogP contribution in [0.2, 0.25) is 0 Å². The molecule has 75 heavy (non-hydrogen) atoms. The first kappa shape index (κ1) is 46.2. The van der Waals surface area contributed by atoms with Crippen molar-refractivity contribution < 1.29 is 13.2 Å². The fourth-order valence-corrected chi connectivity index (χ4v) is 10.4. The number of aromatic nitrogens is 2. The van der Waals surface area contributed by atoms with Crippen LogP contribution in [0.5, 0.6) is 0 Å². The van der Waals surface area contributed by atoms with Crippen molar-refractivity contribution in [3.8, 4) is 80.2 Å². The lowest BCUT2D eigenvalue weighted by molar-refractivity contribution is -0.137. The third-order valence-electron chi connectivity index (χ3n) is 13.6. The van der Waals surface area contributed by atoms with Gasteiger partial charge in [0.05, 0.1) is 94.1 Å². The maximum atomic E-state index is 14.1. The van der Waals surface area contributed by atoms with Crippen LogP contribution in [0.4, 0.5) is 30.2 Å². The van der Waals surface area contributed by atoms with Gasteiger partial charge in [-0.2, -0.15) is 34.2 Å². The molecule has 0 radical (unpaired) electrons. The largest absolute Gasteiger partial charge is 0.416 e. The molecule has 0 unspecified atom stereocenters. The van der Waals surface area contributed by atoms with E-state index in [4.69, 9.17) is 19.7 Å². The lowest BCUT2D eigenvalue weighted by Gasteiger charge is -2.21. The number of para-hydroxylation sites is 2. The molecule has 9 aromatic carbocycles. The van der Waals surface area contributed by atoms with E-state index in [0.717, 1.165) is 55.7 Å². The van der Waals surface area contributed by atoms with Crippen LogP contribution in [0.3, 0.4) is 0 Å². The molecule has 2 aromatic heterocycles. The van der Waals surface area contributed by atoms with Crippen molar-refractivity contribution in [2.24, 2.45) is 0 Å². The molecule has 0 saturated carbocycles. The highest BCUT2D eigenvalue weighted by atomic mass is 19.4. The lowest BCUT2D eigenvalue weighted by atomic mass is 9.92. The molecule has 11 aromatic rings. The van der Waals surface area contributed by atoms with E-state index in [1.165, 1.54) is 30.3 Å². The van der Waals surface area contributed by atoms with Crippen molar-refractivity contribution in [2.45, 2.75) is 13.1 Å². The number of nitrogens with zero attached hydrogens (tertiary/aromatic N) is 9. The van der Waals surface area contributed by atoms with Crippen LogP contribution >= 0.6 is 0 Å². The van der Waals surface area contributed by atoms with Gasteiger partial charge in [0.2, 0.25) is 0 Å². The van der Waals surface area contributed by atoms with Crippen LogP contribution < -0.4 is 0 Å². The third kappa shape index (κ3) is 7.51. The minimum Gasteiger partial charge on any atom is -0.309 e. The number of benzene rings is 9. The Morgan fingerprint density at radius 3 is 1.49 bits per heavy atom. The Bertz CT molecular complexity index is 4570. The second-order valence-electron chi connectivity index (χ2n) is 17.7. The summed E-state index contributed by atoms with van der Waals surface area (Å²) in [5, 5.41) is 44.1. The van der Waals surface area contributed by atoms with E-state index in [1.54, 1.807) is 19.1 Å². The standard InChI is InChI=1S/C63H30F3N9/c1-36-23-44(63(64,65)66)17-18-46(36)39-14-20-60(75-56-12-8-6-10-48(56)51-30-41(16-22-59(51)75)62-43(35-70)27-45(71-2)31-54(62)73-4)52(28-39)49-25-37(32-67)13-19-57(49)74-55-11-7-5-9-47(55)50-29-40(15-21-58(50)74)61-42(34-69)24-38(33-68)26-53(61)72-3/h5-31H,1H3. The summed E-state index contributed by atoms with van der Waals surface area (Å²) in [6.45, 7) is 25.2. The van der Waals surface area contributed by atoms with Crippen molar-refractivity contribution in [1.82, 2.24) is 9.13 Å². The van der Waals surface area contributed by atoms with Crippen LogP contribution in [-0.2, 0) is 6.18 Å². The van der Waals surface area contributed by atoms with E-state index in [2.05, 4.69) is 41.9 Å².